The lowest BCUT2D eigenvalue weighted by Gasteiger charge is -2.43. The van der Waals surface area contributed by atoms with E-state index in [2.05, 4.69) is 15.2 Å². The largest absolute Gasteiger partial charge is 0.480 e. The molecule has 0 unspecified atom stereocenters. The smallest absolute Gasteiger partial charge is 0.317 e. The molecule has 0 bridgehead atoms. The molecule has 2 aromatic rings. The maximum atomic E-state index is 11.1. The van der Waals surface area contributed by atoms with Gasteiger partial charge in [0.15, 0.2) is 0 Å². The number of fused-ring (bicyclic) bond motifs is 1. The van der Waals surface area contributed by atoms with Crippen molar-refractivity contribution in [1.82, 2.24) is 9.88 Å². The highest BCUT2D eigenvalue weighted by Gasteiger charge is 2.37. The van der Waals surface area contributed by atoms with Crippen molar-refractivity contribution in [2.45, 2.75) is 37.8 Å². The lowest BCUT2D eigenvalue weighted by molar-refractivity contribution is -0.139. The van der Waals surface area contributed by atoms with Gasteiger partial charge in [-0.2, -0.15) is 0 Å². The molecule has 2 aromatic heterocycles. The predicted molar refractivity (Wildman–Crippen MR) is 86.4 cm³/mol. The minimum atomic E-state index is -0.730. The number of furan rings is 1. The number of hydrogen-bond acceptors (Lipinski definition) is 5. The minimum absolute atomic E-state index is 0.156. The third kappa shape index (κ3) is 3.17. The Morgan fingerprint density at radius 2 is 2.22 bits per heavy atom. The number of hydrogen-bond donors (Lipinski definition) is 2. The summed E-state index contributed by atoms with van der Waals surface area (Å²) in [6.07, 6.45) is 7.85. The highest BCUT2D eigenvalue weighted by Crippen LogP contribution is 2.35. The normalized spacial score (nSPS) is 23.9. The van der Waals surface area contributed by atoms with Gasteiger partial charge in [-0.1, -0.05) is 0 Å². The molecule has 2 heterocycles. The van der Waals surface area contributed by atoms with Crippen LogP contribution in [0.15, 0.2) is 29.0 Å². The number of carboxylic acids is 1. The van der Waals surface area contributed by atoms with Gasteiger partial charge in [0.05, 0.1) is 18.2 Å². The monoisotopic (exact) mass is 315 g/mol. The van der Waals surface area contributed by atoms with Crippen molar-refractivity contribution >= 4 is 22.8 Å². The van der Waals surface area contributed by atoms with Crippen LogP contribution in [0.3, 0.4) is 0 Å². The summed E-state index contributed by atoms with van der Waals surface area (Å²) in [7, 11) is 0. The molecule has 0 atom stereocenters. The van der Waals surface area contributed by atoms with Crippen molar-refractivity contribution < 1.29 is 14.3 Å². The van der Waals surface area contributed by atoms with Crippen LogP contribution in [0.4, 0.5) is 5.82 Å². The fourth-order valence-electron chi connectivity index (χ4n) is 3.36. The number of carboxylic acid groups (broad SMARTS) is 1. The third-order valence-corrected chi connectivity index (χ3v) is 4.88. The van der Waals surface area contributed by atoms with Crippen LogP contribution < -0.4 is 5.32 Å². The zero-order valence-electron chi connectivity index (χ0n) is 12.9. The maximum Gasteiger partial charge on any atom is 0.317 e. The van der Waals surface area contributed by atoms with Gasteiger partial charge in [-0.3, -0.25) is 9.69 Å². The van der Waals surface area contributed by atoms with Crippen LogP contribution >= 0.6 is 0 Å². The number of nitrogens with one attached hydrogen (secondary N) is 1. The number of rotatable bonds is 7. The van der Waals surface area contributed by atoms with Gasteiger partial charge in [0.2, 0.25) is 0 Å². The van der Waals surface area contributed by atoms with E-state index in [1.807, 2.05) is 12.1 Å². The Balaban J connectivity index is 1.36. The molecule has 2 fully saturated rings. The average molecular weight is 315 g/mol. The molecule has 122 valence electrons. The van der Waals surface area contributed by atoms with Gasteiger partial charge in [0.1, 0.15) is 11.4 Å². The fraction of sp³-hybridized carbons (Fsp3) is 0.529. The number of aliphatic carboxylic acids is 1. The van der Waals surface area contributed by atoms with Crippen LogP contribution in [-0.2, 0) is 4.79 Å². The quantitative estimate of drug-likeness (QED) is 0.817. The van der Waals surface area contributed by atoms with E-state index in [4.69, 9.17) is 9.52 Å². The highest BCUT2D eigenvalue weighted by atomic mass is 16.4. The second-order valence-electron chi connectivity index (χ2n) is 6.73. The molecule has 23 heavy (non-hydrogen) atoms. The van der Waals surface area contributed by atoms with E-state index in [0.29, 0.717) is 18.0 Å². The second-order valence-corrected chi connectivity index (χ2v) is 6.73. The highest BCUT2D eigenvalue weighted by molar-refractivity contribution is 5.88. The Hall–Kier alpha value is -2.08. The SMILES string of the molecule is O=C(O)CN(CC1CC1)C1CC(Nc2nccc3occc23)C1. The first-order valence-corrected chi connectivity index (χ1v) is 8.23. The summed E-state index contributed by atoms with van der Waals surface area (Å²) >= 11 is 0. The molecule has 0 aromatic carbocycles. The molecule has 2 aliphatic carbocycles. The van der Waals surface area contributed by atoms with Crippen LogP contribution in [0.5, 0.6) is 0 Å². The Labute approximate surface area is 134 Å². The summed E-state index contributed by atoms with van der Waals surface area (Å²) in [4.78, 5) is 17.6. The van der Waals surface area contributed by atoms with Gasteiger partial charge in [-0.25, -0.2) is 4.98 Å². The fourth-order valence-corrected chi connectivity index (χ4v) is 3.36. The molecule has 0 radical (unpaired) electrons. The molecular formula is C17H21N3O3. The Kier molecular flexibility index (Phi) is 3.69. The molecule has 2 N–H and O–H groups in total. The summed E-state index contributed by atoms with van der Waals surface area (Å²) in [5.41, 5.74) is 0.833. The van der Waals surface area contributed by atoms with Crippen molar-refractivity contribution in [3.05, 3.63) is 24.6 Å². The molecule has 0 spiro atoms. The van der Waals surface area contributed by atoms with E-state index in [1.165, 1.54) is 12.8 Å². The van der Waals surface area contributed by atoms with E-state index in [9.17, 15) is 4.79 Å². The Morgan fingerprint density at radius 3 is 2.96 bits per heavy atom. The number of carbonyl (C=O) groups is 1. The van der Waals surface area contributed by atoms with Gasteiger partial charge >= 0.3 is 5.97 Å². The lowest BCUT2D eigenvalue weighted by atomic mass is 9.85. The first-order chi connectivity index (χ1) is 11.2. The number of pyridine rings is 1. The van der Waals surface area contributed by atoms with Crippen molar-refractivity contribution in [3.8, 4) is 0 Å². The van der Waals surface area contributed by atoms with E-state index in [1.54, 1.807) is 12.5 Å². The van der Waals surface area contributed by atoms with Gasteiger partial charge < -0.3 is 14.8 Å². The molecule has 2 aliphatic rings. The molecule has 4 rings (SSSR count). The average Bonchev–Trinajstić information content (AvgIpc) is 3.14. The third-order valence-electron chi connectivity index (χ3n) is 4.88. The maximum absolute atomic E-state index is 11.1. The van der Waals surface area contributed by atoms with Gasteiger partial charge in [0, 0.05) is 24.8 Å². The van der Waals surface area contributed by atoms with Gasteiger partial charge in [0.25, 0.3) is 0 Å². The standard InChI is InChI=1S/C17H21N3O3/c21-16(22)10-20(9-11-1-2-11)13-7-12(8-13)19-17-14-4-6-23-15(14)3-5-18-17/h3-6,11-13H,1-2,7-10H2,(H,18,19)(H,21,22). The molecule has 0 amide bonds. The second kappa shape index (κ2) is 5.85. The first-order valence-electron chi connectivity index (χ1n) is 8.23. The van der Waals surface area contributed by atoms with E-state index in [0.717, 1.165) is 36.2 Å². The topological polar surface area (TPSA) is 78.6 Å². The van der Waals surface area contributed by atoms with E-state index < -0.39 is 5.97 Å². The van der Waals surface area contributed by atoms with Crippen molar-refractivity contribution in [2.75, 3.05) is 18.4 Å². The summed E-state index contributed by atoms with van der Waals surface area (Å²) in [6.45, 7) is 1.09. The summed E-state index contributed by atoms with van der Waals surface area (Å²) < 4.78 is 5.39. The molecular weight excluding hydrogens is 294 g/mol. The Bertz CT molecular complexity index is 704. The van der Waals surface area contributed by atoms with Crippen LogP contribution in [0, 0.1) is 5.92 Å². The summed E-state index contributed by atoms with van der Waals surface area (Å²) in [5, 5.41) is 13.6. The molecule has 0 aliphatic heterocycles. The number of aromatic nitrogens is 1. The van der Waals surface area contributed by atoms with Crippen LogP contribution in [-0.4, -0.2) is 46.1 Å². The van der Waals surface area contributed by atoms with E-state index >= 15 is 0 Å². The molecule has 6 heteroatoms. The van der Waals surface area contributed by atoms with E-state index in [-0.39, 0.29) is 6.54 Å². The summed E-state index contributed by atoms with van der Waals surface area (Å²) in [6, 6.07) is 4.50. The summed E-state index contributed by atoms with van der Waals surface area (Å²) in [5.74, 6) is 0.835. The predicted octanol–water partition coefficient (Wildman–Crippen LogP) is 2.57. The van der Waals surface area contributed by atoms with Crippen LogP contribution in [0.25, 0.3) is 11.0 Å². The van der Waals surface area contributed by atoms with Gasteiger partial charge in [-0.15, -0.1) is 0 Å². The zero-order valence-corrected chi connectivity index (χ0v) is 12.9. The first kappa shape index (κ1) is 14.5. The molecule has 0 saturated heterocycles. The molecule has 6 nitrogen and oxygen atoms in total. The van der Waals surface area contributed by atoms with Gasteiger partial charge in [-0.05, 0) is 43.7 Å². The minimum Gasteiger partial charge on any atom is -0.480 e. The number of nitrogens with zero attached hydrogens (tertiary/aromatic N) is 2. The lowest BCUT2D eigenvalue weighted by Crippen LogP contribution is -2.52. The molecule has 2 saturated carbocycles. The van der Waals surface area contributed by atoms with Crippen molar-refractivity contribution in [3.63, 3.8) is 0 Å². The zero-order chi connectivity index (χ0) is 15.8. The van der Waals surface area contributed by atoms with Crippen molar-refractivity contribution in [1.29, 1.82) is 0 Å². The number of anilines is 1. The van der Waals surface area contributed by atoms with Crippen molar-refractivity contribution in [2.24, 2.45) is 5.92 Å². The Morgan fingerprint density at radius 1 is 1.39 bits per heavy atom. The van der Waals surface area contributed by atoms with Crippen LogP contribution in [0.2, 0.25) is 0 Å². The van der Waals surface area contributed by atoms with Crippen LogP contribution in [0.1, 0.15) is 25.7 Å².